The quantitative estimate of drug-likeness (QED) is 0.848. The Bertz CT molecular complexity index is 561. The van der Waals surface area contributed by atoms with Crippen LogP contribution in [0, 0.1) is 18.3 Å². The molecule has 1 aromatic rings. The number of ether oxygens (including phenoxy) is 2. The second-order valence-electron chi connectivity index (χ2n) is 6.58. The molecule has 2 aliphatic rings. The van der Waals surface area contributed by atoms with Gasteiger partial charge in [0, 0.05) is 0 Å². The van der Waals surface area contributed by atoms with Crippen molar-refractivity contribution >= 4 is 0 Å². The second-order valence-corrected chi connectivity index (χ2v) is 6.58. The van der Waals surface area contributed by atoms with Crippen molar-refractivity contribution in [3.63, 3.8) is 0 Å². The van der Waals surface area contributed by atoms with Gasteiger partial charge in [-0.3, -0.25) is 0 Å². The van der Waals surface area contributed by atoms with E-state index < -0.39 is 0 Å². The molecule has 1 aromatic carbocycles. The highest BCUT2D eigenvalue weighted by molar-refractivity contribution is 5.48. The Morgan fingerprint density at radius 2 is 1.95 bits per heavy atom. The lowest BCUT2D eigenvalue weighted by molar-refractivity contribution is 0.110. The van der Waals surface area contributed by atoms with Gasteiger partial charge in [-0.2, -0.15) is 0 Å². The Balaban J connectivity index is 1.85. The fourth-order valence-electron chi connectivity index (χ4n) is 3.19. The molecule has 0 aromatic heterocycles. The largest absolute Gasteiger partial charge is 0.493 e. The summed E-state index contributed by atoms with van der Waals surface area (Å²) in [6.45, 7) is 0.752. The van der Waals surface area contributed by atoms with Crippen molar-refractivity contribution in [2.45, 2.75) is 50.0 Å². The zero-order valence-corrected chi connectivity index (χ0v) is 13.2. The predicted octanol–water partition coefficient (Wildman–Crippen LogP) is 3.29. The van der Waals surface area contributed by atoms with Crippen molar-refractivity contribution in [1.82, 2.24) is 0 Å². The van der Waals surface area contributed by atoms with E-state index in [0.717, 1.165) is 49.4 Å². The summed E-state index contributed by atoms with van der Waals surface area (Å²) in [7, 11) is 1.66. The molecule has 0 atom stereocenters. The van der Waals surface area contributed by atoms with Gasteiger partial charge in [0.2, 0.25) is 0 Å². The van der Waals surface area contributed by atoms with E-state index in [0.29, 0.717) is 5.92 Å². The van der Waals surface area contributed by atoms with Gasteiger partial charge in [-0.05, 0) is 62.1 Å². The van der Waals surface area contributed by atoms with Crippen LogP contribution < -0.4 is 9.47 Å². The standard InChI is InChI=1S/C19H24O3/c1-3-19(10-8-16(20)9-11-19)15-6-7-17(21-2)18(12-15)22-13-14-4-5-14/h1,6-7,12,14,16,20H,4-5,8-11,13H2,2H3. The Hall–Kier alpha value is -1.66. The normalized spacial score (nSPS) is 28.0. The molecule has 0 unspecified atom stereocenters. The van der Waals surface area contributed by atoms with Crippen LogP contribution >= 0.6 is 0 Å². The summed E-state index contributed by atoms with van der Waals surface area (Å²) in [6, 6.07) is 6.03. The van der Waals surface area contributed by atoms with Crippen molar-refractivity contribution in [3.05, 3.63) is 23.8 Å². The lowest BCUT2D eigenvalue weighted by atomic mass is 9.69. The topological polar surface area (TPSA) is 38.7 Å². The molecule has 3 nitrogen and oxygen atoms in total. The first-order valence-corrected chi connectivity index (χ1v) is 8.14. The van der Waals surface area contributed by atoms with Crippen molar-refractivity contribution < 1.29 is 14.6 Å². The summed E-state index contributed by atoms with van der Waals surface area (Å²) >= 11 is 0. The van der Waals surface area contributed by atoms with Gasteiger partial charge in [-0.15, -0.1) is 6.42 Å². The number of benzene rings is 1. The van der Waals surface area contributed by atoms with Crippen LogP contribution in [0.2, 0.25) is 0 Å². The minimum absolute atomic E-state index is 0.217. The zero-order valence-electron chi connectivity index (χ0n) is 13.2. The molecule has 118 valence electrons. The van der Waals surface area contributed by atoms with E-state index in [1.165, 1.54) is 12.8 Å². The fourth-order valence-corrected chi connectivity index (χ4v) is 3.19. The Labute approximate surface area is 132 Å². The van der Waals surface area contributed by atoms with Crippen LogP contribution in [0.25, 0.3) is 0 Å². The molecule has 0 saturated heterocycles. The van der Waals surface area contributed by atoms with Crippen molar-refractivity contribution in [2.75, 3.05) is 13.7 Å². The van der Waals surface area contributed by atoms with Crippen molar-refractivity contribution in [1.29, 1.82) is 0 Å². The summed E-state index contributed by atoms with van der Waals surface area (Å²) < 4.78 is 11.4. The van der Waals surface area contributed by atoms with Gasteiger partial charge in [-0.25, -0.2) is 0 Å². The number of aliphatic hydroxyl groups excluding tert-OH is 1. The van der Waals surface area contributed by atoms with Gasteiger partial charge in [0.25, 0.3) is 0 Å². The maximum absolute atomic E-state index is 9.76. The summed E-state index contributed by atoms with van der Waals surface area (Å²) in [5.41, 5.74) is 0.817. The number of hydrogen-bond acceptors (Lipinski definition) is 3. The van der Waals surface area contributed by atoms with Crippen LogP contribution in [0.3, 0.4) is 0 Å². The Kier molecular flexibility index (Phi) is 4.31. The van der Waals surface area contributed by atoms with Gasteiger partial charge in [0.1, 0.15) is 0 Å². The lowest BCUT2D eigenvalue weighted by Crippen LogP contribution is -2.32. The second kappa shape index (κ2) is 6.22. The van der Waals surface area contributed by atoms with E-state index in [9.17, 15) is 5.11 Å². The van der Waals surface area contributed by atoms with Crippen molar-refractivity contribution in [3.8, 4) is 23.8 Å². The first kappa shape index (κ1) is 15.2. The molecule has 0 radical (unpaired) electrons. The molecule has 0 amide bonds. The first-order valence-electron chi connectivity index (χ1n) is 8.14. The van der Waals surface area contributed by atoms with Crippen LogP contribution in [0.5, 0.6) is 11.5 Å². The predicted molar refractivity (Wildman–Crippen MR) is 86.2 cm³/mol. The maximum atomic E-state index is 9.76. The molecule has 2 aliphatic carbocycles. The van der Waals surface area contributed by atoms with Gasteiger partial charge in [0.05, 0.1) is 25.2 Å². The van der Waals surface area contributed by atoms with Crippen molar-refractivity contribution in [2.24, 2.45) is 5.92 Å². The van der Waals surface area contributed by atoms with Gasteiger partial charge in [-0.1, -0.05) is 12.0 Å². The van der Waals surface area contributed by atoms with E-state index in [-0.39, 0.29) is 11.5 Å². The molecule has 0 spiro atoms. The van der Waals surface area contributed by atoms with Gasteiger partial charge >= 0.3 is 0 Å². The third-order valence-corrected chi connectivity index (χ3v) is 4.97. The fraction of sp³-hybridized carbons (Fsp3) is 0.579. The summed E-state index contributed by atoms with van der Waals surface area (Å²) in [5, 5.41) is 9.76. The minimum atomic E-state index is -0.288. The monoisotopic (exact) mass is 300 g/mol. The van der Waals surface area contributed by atoms with Crippen LogP contribution in [0.1, 0.15) is 44.1 Å². The number of rotatable bonds is 5. The molecule has 1 N–H and O–H groups in total. The minimum Gasteiger partial charge on any atom is -0.493 e. The third-order valence-electron chi connectivity index (χ3n) is 4.97. The molecule has 0 bridgehead atoms. The molecule has 2 fully saturated rings. The molecule has 2 saturated carbocycles. The third kappa shape index (κ3) is 3.08. The number of aliphatic hydroxyl groups is 1. The summed E-state index contributed by atoms with van der Waals surface area (Å²) in [4.78, 5) is 0. The average molecular weight is 300 g/mol. The molecule has 0 heterocycles. The molecule has 0 aliphatic heterocycles. The number of methoxy groups -OCH3 is 1. The summed E-state index contributed by atoms with van der Waals surface area (Å²) in [5.74, 6) is 5.22. The first-order chi connectivity index (χ1) is 10.7. The van der Waals surface area contributed by atoms with Crippen LogP contribution in [-0.4, -0.2) is 24.9 Å². The van der Waals surface area contributed by atoms with Crippen LogP contribution in [0.4, 0.5) is 0 Å². The van der Waals surface area contributed by atoms with Crippen LogP contribution in [0.15, 0.2) is 18.2 Å². The lowest BCUT2D eigenvalue weighted by Gasteiger charge is -2.35. The molecule has 3 heteroatoms. The number of hydrogen-bond donors (Lipinski definition) is 1. The Morgan fingerprint density at radius 1 is 1.23 bits per heavy atom. The smallest absolute Gasteiger partial charge is 0.161 e. The molecular formula is C19H24O3. The number of terminal acetylenes is 1. The SMILES string of the molecule is C#CC1(c2ccc(OC)c(OCC3CC3)c2)CCC(O)CC1. The van der Waals surface area contributed by atoms with Gasteiger partial charge < -0.3 is 14.6 Å². The highest BCUT2D eigenvalue weighted by Gasteiger charge is 2.35. The zero-order chi connectivity index (χ0) is 15.6. The molecule has 22 heavy (non-hydrogen) atoms. The molecule has 3 rings (SSSR count). The van der Waals surface area contributed by atoms with E-state index in [2.05, 4.69) is 5.92 Å². The van der Waals surface area contributed by atoms with E-state index in [1.54, 1.807) is 7.11 Å². The summed E-state index contributed by atoms with van der Waals surface area (Å²) in [6.07, 6.45) is 11.3. The maximum Gasteiger partial charge on any atom is 0.161 e. The highest BCUT2D eigenvalue weighted by Crippen LogP contribution is 2.42. The van der Waals surface area contributed by atoms with Gasteiger partial charge in [0.15, 0.2) is 11.5 Å². The Morgan fingerprint density at radius 3 is 2.55 bits per heavy atom. The average Bonchev–Trinajstić information content (AvgIpc) is 3.38. The van der Waals surface area contributed by atoms with E-state index in [4.69, 9.17) is 15.9 Å². The van der Waals surface area contributed by atoms with E-state index >= 15 is 0 Å². The molecular weight excluding hydrogens is 276 g/mol. The highest BCUT2D eigenvalue weighted by atomic mass is 16.5. The van der Waals surface area contributed by atoms with Crippen LogP contribution in [-0.2, 0) is 5.41 Å². The van der Waals surface area contributed by atoms with E-state index in [1.807, 2.05) is 18.2 Å².